The fourth-order valence-corrected chi connectivity index (χ4v) is 0.557. The van der Waals surface area contributed by atoms with Crippen molar-refractivity contribution in [2.24, 2.45) is 10.8 Å². The van der Waals surface area contributed by atoms with Crippen LogP contribution in [0.4, 0.5) is 0 Å². The first-order valence-corrected chi connectivity index (χ1v) is 4.51. The monoisotopic (exact) mass is 324 g/mol. The number of aliphatic hydroxyl groups is 1. The molecule has 1 N–H and O–H groups in total. The molecule has 0 bridgehead atoms. The summed E-state index contributed by atoms with van der Waals surface area (Å²) < 4.78 is 0. The van der Waals surface area contributed by atoms with E-state index in [0.29, 0.717) is 0 Å². The first kappa shape index (κ1) is 17.0. The zero-order valence-electron chi connectivity index (χ0n) is 9.93. The van der Waals surface area contributed by atoms with Crippen LogP contribution in [0.5, 0.6) is 0 Å². The van der Waals surface area contributed by atoms with Crippen LogP contribution in [-0.4, -0.2) is 10.9 Å². The Morgan fingerprint density at radius 3 is 1.57 bits per heavy atom. The molecule has 0 aliphatic rings. The first-order chi connectivity index (χ1) is 5.55. The third kappa shape index (κ3) is 6.14. The topological polar surface area (TPSA) is 37.3 Å². The van der Waals surface area contributed by atoms with E-state index in [1.54, 1.807) is 0 Å². The Hall–Kier alpha value is 0.587. The van der Waals surface area contributed by atoms with Gasteiger partial charge in [0.1, 0.15) is 5.76 Å². The van der Waals surface area contributed by atoms with E-state index < -0.39 is 5.41 Å². The van der Waals surface area contributed by atoms with E-state index in [4.69, 9.17) is 0 Å². The second-order valence-corrected chi connectivity index (χ2v) is 5.39. The number of aliphatic hydroxyl groups excluding tert-OH is 1. The van der Waals surface area contributed by atoms with Crippen LogP contribution in [0.1, 0.15) is 41.5 Å². The molecule has 80 valence electrons. The number of rotatable bonds is 1. The number of hydrogen-bond acceptors (Lipinski definition) is 2. The summed E-state index contributed by atoms with van der Waals surface area (Å²) in [4.78, 5) is 11.5. The summed E-state index contributed by atoms with van der Waals surface area (Å²) in [6.45, 7) is 11.1. The fourth-order valence-electron chi connectivity index (χ4n) is 0.557. The van der Waals surface area contributed by atoms with Crippen LogP contribution in [-0.2, 0) is 4.79 Å². The van der Waals surface area contributed by atoms with E-state index in [9.17, 15) is 9.90 Å². The SMILES string of the molecule is CC(C)(C)C(=O)/C=C(\O)C(C)(C)C.[Ce]. The molecule has 0 aromatic rings. The van der Waals surface area contributed by atoms with E-state index >= 15 is 0 Å². The molecule has 0 aromatic heterocycles. The molecule has 14 heavy (non-hydrogen) atoms. The molecule has 0 atom stereocenters. The first-order valence-electron chi connectivity index (χ1n) is 4.51. The Morgan fingerprint density at radius 1 is 1.00 bits per heavy atom. The zero-order valence-corrected chi connectivity index (χ0v) is 13.1. The molecule has 0 amide bonds. The van der Waals surface area contributed by atoms with Crippen molar-refractivity contribution in [1.29, 1.82) is 0 Å². The summed E-state index contributed by atoms with van der Waals surface area (Å²) >= 11 is 0. The molecule has 0 spiro atoms. The van der Waals surface area contributed by atoms with Crippen LogP contribution in [0.2, 0.25) is 0 Å². The second-order valence-electron chi connectivity index (χ2n) is 5.39. The van der Waals surface area contributed by atoms with Gasteiger partial charge in [-0.25, -0.2) is 0 Å². The van der Waals surface area contributed by atoms with E-state index in [2.05, 4.69) is 0 Å². The molecule has 0 radical (unpaired) electrons. The average molecular weight is 324 g/mol. The van der Waals surface area contributed by atoms with Crippen LogP contribution in [0, 0.1) is 52.6 Å². The minimum absolute atomic E-state index is 0. The second kappa shape index (κ2) is 5.61. The number of allylic oxidation sites excluding steroid dienone is 2. The summed E-state index contributed by atoms with van der Waals surface area (Å²) in [5, 5.41) is 9.56. The van der Waals surface area contributed by atoms with E-state index in [1.807, 2.05) is 41.5 Å². The molecule has 0 aromatic carbocycles. The van der Waals surface area contributed by atoms with Gasteiger partial charge in [-0.3, -0.25) is 4.79 Å². The van der Waals surface area contributed by atoms with Crippen molar-refractivity contribution in [3.63, 3.8) is 0 Å². The molecule has 0 fully saturated rings. The predicted octanol–water partition coefficient (Wildman–Crippen LogP) is 3.09. The Bertz CT molecular complexity index is 229. The van der Waals surface area contributed by atoms with Gasteiger partial charge in [-0.05, 0) is 0 Å². The fraction of sp³-hybridized carbons (Fsp3) is 0.727. The third-order valence-electron chi connectivity index (χ3n) is 1.78. The van der Waals surface area contributed by atoms with Gasteiger partial charge in [-0.2, -0.15) is 0 Å². The minimum atomic E-state index is -0.417. The number of ketones is 1. The average Bonchev–Trinajstić information content (AvgIpc) is 1.82. The molecular formula is C11H20CeO2. The maximum atomic E-state index is 11.5. The van der Waals surface area contributed by atoms with Crippen LogP contribution >= 0.6 is 0 Å². The quantitative estimate of drug-likeness (QED) is 0.594. The van der Waals surface area contributed by atoms with E-state index in [1.165, 1.54) is 6.08 Å². The Labute approximate surface area is 121 Å². The molecule has 0 unspecified atom stereocenters. The maximum absolute atomic E-state index is 11.5. The molecule has 2 nitrogen and oxygen atoms in total. The molecule has 0 aliphatic carbocycles. The molecule has 0 heterocycles. The van der Waals surface area contributed by atoms with Crippen molar-refractivity contribution in [2.75, 3.05) is 0 Å². The summed E-state index contributed by atoms with van der Waals surface area (Å²) in [5.74, 6) is 0.104. The Balaban J connectivity index is 0. The van der Waals surface area contributed by atoms with Gasteiger partial charge in [0.15, 0.2) is 5.78 Å². The predicted molar refractivity (Wildman–Crippen MR) is 54.6 cm³/mol. The van der Waals surface area contributed by atoms with Gasteiger partial charge in [-0.15, -0.1) is 0 Å². The van der Waals surface area contributed by atoms with Crippen LogP contribution in [0.15, 0.2) is 11.8 Å². The normalized spacial score (nSPS) is 13.4. The minimum Gasteiger partial charge on any atom is -0.512 e. The van der Waals surface area contributed by atoms with Crippen molar-refractivity contribution in [2.45, 2.75) is 41.5 Å². The Kier molecular flexibility index (Phi) is 6.81. The van der Waals surface area contributed by atoms with E-state index in [0.717, 1.165) is 0 Å². The maximum Gasteiger partial charge on any atom is 0.164 e. The molecule has 0 saturated carbocycles. The smallest absolute Gasteiger partial charge is 0.164 e. The standard InChI is InChI=1S/C11H20O2.Ce/c1-10(2,3)8(12)7-9(13)11(4,5)6;/h7,12H,1-6H3;/b8-7-;. The van der Waals surface area contributed by atoms with Gasteiger partial charge in [0.25, 0.3) is 0 Å². The molecule has 0 saturated heterocycles. The van der Waals surface area contributed by atoms with Crippen molar-refractivity contribution in [3.05, 3.63) is 11.8 Å². The number of carbonyl (C=O) groups is 1. The Morgan fingerprint density at radius 2 is 1.36 bits per heavy atom. The molecule has 3 heteroatoms. The van der Waals surface area contributed by atoms with Gasteiger partial charge < -0.3 is 5.11 Å². The largest absolute Gasteiger partial charge is 0.512 e. The summed E-state index contributed by atoms with van der Waals surface area (Å²) in [6.07, 6.45) is 1.33. The van der Waals surface area contributed by atoms with Crippen molar-refractivity contribution in [3.8, 4) is 0 Å². The van der Waals surface area contributed by atoms with Crippen molar-refractivity contribution < 1.29 is 51.6 Å². The van der Waals surface area contributed by atoms with Gasteiger partial charge in [0, 0.05) is 58.7 Å². The molecule has 0 aliphatic heterocycles. The summed E-state index contributed by atoms with van der Waals surface area (Å²) in [6, 6.07) is 0. The van der Waals surface area contributed by atoms with Crippen LogP contribution < -0.4 is 0 Å². The molecule has 0 rings (SSSR count). The van der Waals surface area contributed by atoms with Crippen molar-refractivity contribution in [1.82, 2.24) is 0 Å². The van der Waals surface area contributed by atoms with Gasteiger partial charge in [-0.1, -0.05) is 41.5 Å². The number of hydrogen-bond donors (Lipinski definition) is 1. The molecular weight excluding hydrogens is 304 g/mol. The van der Waals surface area contributed by atoms with Crippen LogP contribution in [0.3, 0.4) is 0 Å². The summed E-state index contributed by atoms with van der Waals surface area (Å²) in [5.41, 5.74) is -0.764. The van der Waals surface area contributed by atoms with Crippen molar-refractivity contribution >= 4 is 5.78 Å². The van der Waals surface area contributed by atoms with E-state index in [-0.39, 0.29) is 58.7 Å². The summed E-state index contributed by atoms with van der Waals surface area (Å²) in [7, 11) is 0. The van der Waals surface area contributed by atoms with Gasteiger partial charge >= 0.3 is 0 Å². The van der Waals surface area contributed by atoms with Gasteiger partial charge in [0.2, 0.25) is 0 Å². The number of carbonyl (C=O) groups excluding carboxylic acids is 1. The third-order valence-corrected chi connectivity index (χ3v) is 1.78. The zero-order chi connectivity index (χ0) is 10.9. The van der Waals surface area contributed by atoms with Crippen LogP contribution in [0.25, 0.3) is 0 Å². The van der Waals surface area contributed by atoms with Gasteiger partial charge in [0.05, 0.1) is 0 Å².